The largest absolute Gasteiger partial charge is 0.345 e. The van der Waals surface area contributed by atoms with Crippen LogP contribution in [0.3, 0.4) is 0 Å². The minimum absolute atomic E-state index is 0.0115. The van der Waals surface area contributed by atoms with Gasteiger partial charge >= 0.3 is 5.69 Å². The van der Waals surface area contributed by atoms with Crippen LogP contribution in [0.1, 0.15) is 12.5 Å². The fourth-order valence-corrected chi connectivity index (χ4v) is 3.78. The molecule has 0 aliphatic carbocycles. The fraction of sp³-hybridized carbons (Fsp3) is 0.263. The molecule has 0 bridgehead atoms. The summed E-state index contributed by atoms with van der Waals surface area (Å²) < 4.78 is 42.8. The predicted octanol–water partition coefficient (Wildman–Crippen LogP) is 1.93. The Balaban J connectivity index is 1.71. The van der Waals surface area contributed by atoms with Gasteiger partial charge in [-0.05, 0) is 48.4 Å². The molecule has 2 aromatic carbocycles. The summed E-state index contributed by atoms with van der Waals surface area (Å²) in [7, 11) is -2.11. The molecule has 0 aliphatic rings. The third kappa shape index (κ3) is 4.20. The van der Waals surface area contributed by atoms with E-state index in [1.165, 1.54) is 33.5 Å². The molecule has 3 rings (SSSR count). The van der Waals surface area contributed by atoms with Gasteiger partial charge in [0.2, 0.25) is 10.0 Å². The number of aryl methyl sites for hydroxylation is 1. The van der Waals surface area contributed by atoms with Gasteiger partial charge in [0, 0.05) is 19.2 Å². The number of hydrogen-bond acceptors (Lipinski definition) is 4. The Bertz CT molecular complexity index is 1120. The van der Waals surface area contributed by atoms with Crippen LogP contribution < -0.4 is 10.4 Å². The van der Waals surface area contributed by atoms with E-state index in [1.807, 2.05) is 6.92 Å². The van der Waals surface area contributed by atoms with Gasteiger partial charge in [-0.25, -0.2) is 27.0 Å². The van der Waals surface area contributed by atoms with Crippen molar-refractivity contribution in [1.29, 1.82) is 0 Å². The first-order chi connectivity index (χ1) is 13.3. The highest BCUT2D eigenvalue weighted by atomic mass is 32.2. The molecule has 0 unspecified atom stereocenters. The SMILES string of the molecule is CCc1ccc(S(=O)(=O)NCCn2nc(-c3ccc(F)cc3)n(C)c2=O)cc1. The molecule has 3 aromatic rings. The van der Waals surface area contributed by atoms with Crippen LogP contribution >= 0.6 is 0 Å². The van der Waals surface area contributed by atoms with Gasteiger partial charge in [0.1, 0.15) is 5.82 Å². The van der Waals surface area contributed by atoms with Crippen LogP contribution in [-0.2, 0) is 30.0 Å². The first-order valence-electron chi connectivity index (χ1n) is 8.80. The Morgan fingerprint density at radius 3 is 2.32 bits per heavy atom. The van der Waals surface area contributed by atoms with Gasteiger partial charge < -0.3 is 0 Å². The van der Waals surface area contributed by atoms with Crippen molar-refractivity contribution in [3.05, 3.63) is 70.4 Å². The van der Waals surface area contributed by atoms with Crippen molar-refractivity contribution in [2.75, 3.05) is 6.54 Å². The van der Waals surface area contributed by atoms with Crippen LogP contribution in [-0.4, -0.2) is 29.3 Å². The standard InChI is InChI=1S/C19H21FN4O3S/c1-3-14-4-10-17(11-5-14)28(26,27)21-12-13-24-19(25)23(2)18(22-24)15-6-8-16(20)9-7-15/h4-11,21H,3,12-13H2,1-2H3. The normalized spacial score (nSPS) is 11.7. The van der Waals surface area contributed by atoms with Crippen LogP contribution in [0.5, 0.6) is 0 Å². The lowest BCUT2D eigenvalue weighted by atomic mass is 10.2. The van der Waals surface area contributed by atoms with Crippen molar-refractivity contribution in [2.45, 2.75) is 24.8 Å². The fourth-order valence-electron chi connectivity index (χ4n) is 2.76. The highest BCUT2D eigenvalue weighted by Gasteiger charge is 2.15. The summed E-state index contributed by atoms with van der Waals surface area (Å²) in [5.74, 6) is -0.00225. The quantitative estimate of drug-likeness (QED) is 0.652. The van der Waals surface area contributed by atoms with Gasteiger partial charge in [-0.2, -0.15) is 0 Å². The molecule has 9 heteroatoms. The lowest BCUT2D eigenvalue weighted by Gasteiger charge is -2.07. The van der Waals surface area contributed by atoms with Gasteiger partial charge in [-0.3, -0.25) is 4.57 Å². The van der Waals surface area contributed by atoms with Crippen LogP contribution in [0.2, 0.25) is 0 Å². The maximum Gasteiger partial charge on any atom is 0.345 e. The van der Waals surface area contributed by atoms with Crippen molar-refractivity contribution >= 4 is 10.0 Å². The van der Waals surface area contributed by atoms with Crippen molar-refractivity contribution < 1.29 is 12.8 Å². The maximum absolute atomic E-state index is 13.1. The number of rotatable bonds is 7. The molecule has 0 radical (unpaired) electrons. The van der Waals surface area contributed by atoms with E-state index >= 15 is 0 Å². The molecule has 1 N–H and O–H groups in total. The van der Waals surface area contributed by atoms with E-state index in [-0.39, 0.29) is 29.5 Å². The van der Waals surface area contributed by atoms with Crippen LogP contribution in [0.4, 0.5) is 4.39 Å². The van der Waals surface area contributed by atoms with Gasteiger partial charge in [0.15, 0.2) is 5.82 Å². The molecule has 0 spiro atoms. The first-order valence-corrected chi connectivity index (χ1v) is 10.3. The van der Waals surface area contributed by atoms with Crippen molar-refractivity contribution in [1.82, 2.24) is 19.1 Å². The van der Waals surface area contributed by atoms with Crippen molar-refractivity contribution in [3.8, 4) is 11.4 Å². The van der Waals surface area contributed by atoms with E-state index < -0.39 is 10.0 Å². The number of benzene rings is 2. The molecule has 148 valence electrons. The number of halogens is 1. The van der Waals surface area contributed by atoms with Gasteiger partial charge in [0.05, 0.1) is 11.4 Å². The Labute approximate surface area is 162 Å². The minimum atomic E-state index is -3.67. The number of nitrogens with one attached hydrogen (secondary N) is 1. The van der Waals surface area contributed by atoms with Gasteiger partial charge in [0.25, 0.3) is 0 Å². The molecule has 7 nitrogen and oxygen atoms in total. The average molecular weight is 404 g/mol. The van der Waals surface area contributed by atoms with E-state index in [0.29, 0.717) is 11.4 Å². The summed E-state index contributed by atoms with van der Waals surface area (Å²) >= 11 is 0. The molecule has 1 aromatic heterocycles. The van der Waals surface area contributed by atoms with Crippen LogP contribution in [0, 0.1) is 5.82 Å². The van der Waals surface area contributed by atoms with Gasteiger partial charge in [-0.1, -0.05) is 19.1 Å². The zero-order valence-corrected chi connectivity index (χ0v) is 16.4. The summed E-state index contributed by atoms with van der Waals surface area (Å²) in [6.07, 6.45) is 0.826. The number of nitrogens with zero attached hydrogens (tertiary/aromatic N) is 3. The third-order valence-electron chi connectivity index (χ3n) is 4.40. The average Bonchev–Trinajstić information content (AvgIpc) is 2.97. The zero-order chi connectivity index (χ0) is 20.3. The smallest absolute Gasteiger partial charge is 0.278 e. The molecule has 0 fully saturated rings. The molecule has 0 atom stereocenters. The first kappa shape index (κ1) is 20.0. The second-order valence-corrected chi connectivity index (χ2v) is 8.06. The topological polar surface area (TPSA) is 86.0 Å². The van der Waals surface area contributed by atoms with Crippen LogP contribution in [0.15, 0.2) is 58.2 Å². The summed E-state index contributed by atoms with van der Waals surface area (Å²) in [6, 6.07) is 12.3. The van der Waals surface area contributed by atoms with E-state index in [1.54, 1.807) is 31.3 Å². The van der Waals surface area contributed by atoms with E-state index in [0.717, 1.165) is 12.0 Å². The molecule has 0 saturated heterocycles. The van der Waals surface area contributed by atoms with E-state index in [2.05, 4.69) is 9.82 Å². The van der Waals surface area contributed by atoms with Crippen molar-refractivity contribution in [3.63, 3.8) is 0 Å². The van der Waals surface area contributed by atoms with E-state index in [4.69, 9.17) is 0 Å². The summed E-state index contributed by atoms with van der Waals surface area (Å²) in [6.45, 7) is 2.07. The highest BCUT2D eigenvalue weighted by molar-refractivity contribution is 7.89. The molecule has 1 heterocycles. The Kier molecular flexibility index (Phi) is 5.76. The van der Waals surface area contributed by atoms with Gasteiger partial charge in [-0.15, -0.1) is 5.10 Å². The second kappa shape index (κ2) is 8.07. The summed E-state index contributed by atoms with van der Waals surface area (Å²) in [5.41, 5.74) is 1.26. The number of sulfonamides is 1. The summed E-state index contributed by atoms with van der Waals surface area (Å²) in [4.78, 5) is 12.5. The monoisotopic (exact) mass is 404 g/mol. The molecule has 0 aliphatic heterocycles. The van der Waals surface area contributed by atoms with Crippen molar-refractivity contribution in [2.24, 2.45) is 7.05 Å². The molecule has 28 heavy (non-hydrogen) atoms. The Morgan fingerprint density at radius 2 is 1.71 bits per heavy atom. The molecule has 0 amide bonds. The maximum atomic E-state index is 13.1. The number of hydrogen-bond donors (Lipinski definition) is 1. The predicted molar refractivity (Wildman–Crippen MR) is 104 cm³/mol. The lowest BCUT2D eigenvalue weighted by molar-refractivity contribution is 0.551. The van der Waals surface area contributed by atoms with E-state index in [9.17, 15) is 17.6 Å². The Hall–Kier alpha value is -2.78. The lowest BCUT2D eigenvalue weighted by Crippen LogP contribution is -2.31. The molecular formula is C19H21FN4O3S. The molecule has 0 saturated carbocycles. The second-order valence-electron chi connectivity index (χ2n) is 6.29. The highest BCUT2D eigenvalue weighted by Crippen LogP contribution is 2.15. The summed E-state index contributed by atoms with van der Waals surface area (Å²) in [5, 5.41) is 4.23. The zero-order valence-electron chi connectivity index (χ0n) is 15.6. The third-order valence-corrected chi connectivity index (χ3v) is 5.88. The number of aromatic nitrogens is 3. The molecular weight excluding hydrogens is 383 g/mol. The minimum Gasteiger partial charge on any atom is -0.278 e. The Morgan fingerprint density at radius 1 is 1.07 bits per heavy atom. The van der Waals surface area contributed by atoms with Crippen LogP contribution in [0.25, 0.3) is 11.4 Å².